The zero-order valence-electron chi connectivity index (χ0n) is 17.2. The van der Waals surface area contributed by atoms with Gasteiger partial charge in [-0.2, -0.15) is 11.8 Å². The van der Waals surface area contributed by atoms with Crippen molar-refractivity contribution in [2.75, 3.05) is 18.6 Å². The second-order valence-electron chi connectivity index (χ2n) is 6.69. The van der Waals surface area contributed by atoms with E-state index in [1.807, 2.05) is 11.6 Å². The molecule has 0 aliphatic carbocycles. The lowest BCUT2D eigenvalue weighted by atomic mass is 10.1. The van der Waals surface area contributed by atoms with Gasteiger partial charge in [-0.1, -0.05) is 0 Å². The summed E-state index contributed by atoms with van der Waals surface area (Å²) < 4.78 is 0. The van der Waals surface area contributed by atoms with Crippen LogP contribution in [0.25, 0.3) is 0 Å². The molecule has 0 saturated heterocycles. The Balaban J connectivity index is 5.27. The lowest BCUT2D eigenvalue weighted by Gasteiger charge is -2.25. The first-order chi connectivity index (χ1) is 14.4. The van der Waals surface area contributed by atoms with Crippen LogP contribution in [0, 0.1) is 0 Å². The average Bonchev–Trinajstić information content (AvgIpc) is 2.69. The molecule has 0 rings (SSSR count). The number of carbonyl (C=O) groups is 5. The largest absolute Gasteiger partial charge is 0.481 e. The molecule has 0 spiro atoms. The number of aliphatic hydroxyl groups excluding tert-OH is 2. The van der Waals surface area contributed by atoms with Gasteiger partial charge in [-0.3, -0.25) is 19.2 Å². The lowest BCUT2D eigenvalue weighted by molar-refractivity contribution is -0.145. The number of nitrogens with one attached hydrogen (secondary N) is 3. The van der Waals surface area contributed by atoms with Crippen molar-refractivity contribution >= 4 is 41.4 Å². The van der Waals surface area contributed by atoms with Crippen molar-refractivity contribution in [2.24, 2.45) is 5.73 Å². The molecule has 13 nitrogen and oxygen atoms in total. The predicted octanol–water partition coefficient (Wildman–Crippen LogP) is -3.16. The summed E-state index contributed by atoms with van der Waals surface area (Å²) in [6.45, 7) is 0.299. The summed E-state index contributed by atoms with van der Waals surface area (Å²) in [6, 6.07) is -5.59. The highest BCUT2D eigenvalue weighted by Crippen LogP contribution is 2.03. The number of carboxylic acid groups (broad SMARTS) is 2. The summed E-state index contributed by atoms with van der Waals surface area (Å²) in [4.78, 5) is 58.9. The van der Waals surface area contributed by atoms with Crippen LogP contribution in [0.2, 0.25) is 0 Å². The van der Waals surface area contributed by atoms with Crippen LogP contribution in [0.3, 0.4) is 0 Å². The predicted molar refractivity (Wildman–Crippen MR) is 110 cm³/mol. The van der Waals surface area contributed by atoms with Crippen molar-refractivity contribution in [3.8, 4) is 0 Å². The molecular weight excluding hydrogens is 436 g/mol. The summed E-state index contributed by atoms with van der Waals surface area (Å²) in [5.41, 5.74) is 5.70. The molecule has 0 aromatic heterocycles. The molecule has 0 fully saturated rings. The van der Waals surface area contributed by atoms with E-state index in [9.17, 15) is 34.2 Å². The Morgan fingerprint density at radius 1 is 0.935 bits per heavy atom. The topological polar surface area (TPSA) is 228 Å². The SMILES string of the molecule is CSCCC(N)C(=O)NC(CO)C(=O)NC(CCC(=O)O)C(=O)NC(C(=O)O)C(C)O. The second-order valence-corrected chi connectivity index (χ2v) is 7.68. The molecule has 0 aromatic carbocycles. The number of nitrogens with two attached hydrogens (primary N) is 1. The van der Waals surface area contributed by atoms with Crippen LogP contribution in [-0.2, 0) is 24.0 Å². The fraction of sp³-hybridized carbons (Fsp3) is 0.706. The molecule has 178 valence electrons. The van der Waals surface area contributed by atoms with Gasteiger partial charge in [-0.25, -0.2) is 4.79 Å². The first-order valence-corrected chi connectivity index (χ1v) is 10.7. The number of carbonyl (C=O) groups excluding carboxylic acids is 3. The fourth-order valence-electron chi connectivity index (χ4n) is 2.30. The minimum atomic E-state index is -1.69. The maximum atomic E-state index is 12.4. The second kappa shape index (κ2) is 14.6. The highest BCUT2D eigenvalue weighted by Gasteiger charge is 2.31. The molecule has 0 radical (unpaired) electrons. The van der Waals surface area contributed by atoms with Crippen LogP contribution < -0.4 is 21.7 Å². The first kappa shape index (κ1) is 28.6. The standard InChI is InChI=1S/C17H30N4O9S/c1-8(23)13(17(29)30)21-15(27)10(3-4-12(24)25)19-16(28)11(7-22)20-14(26)9(18)5-6-31-2/h8-11,13,22-23H,3-7,18H2,1-2H3,(H,19,28)(H,20,26)(H,21,27)(H,24,25)(H,29,30). The van der Waals surface area contributed by atoms with Gasteiger partial charge in [0.05, 0.1) is 18.8 Å². The molecule has 14 heteroatoms. The number of thioether (sulfide) groups is 1. The maximum absolute atomic E-state index is 12.4. The number of hydrogen-bond donors (Lipinski definition) is 8. The molecule has 0 aliphatic heterocycles. The zero-order chi connectivity index (χ0) is 24.1. The molecular formula is C17H30N4O9S. The van der Waals surface area contributed by atoms with Crippen LogP contribution in [0.1, 0.15) is 26.2 Å². The van der Waals surface area contributed by atoms with Gasteiger partial charge >= 0.3 is 11.9 Å². The normalized spacial score (nSPS) is 15.6. The van der Waals surface area contributed by atoms with Gasteiger partial charge in [-0.05, 0) is 31.8 Å². The smallest absolute Gasteiger partial charge is 0.328 e. The van der Waals surface area contributed by atoms with Crippen molar-refractivity contribution in [2.45, 2.75) is 56.5 Å². The lowest BCUT2D eigenvalue weighted by Crippen LogP contribution is -2.59. The molecule has 0 bridgehead atoms. The molecule has 0 aliphatic rings. The van der Waals surface area contributed by atoms with E-state index in [1.165, 1.54) is 11.8 Å². The highest BCUT2D eigenvalue weighted by atomic mass is 32.2. The van der Waals surface area contributed by atoms with Crippen LogP contribution in [-0.4, -0.2) is 99.0 Å². The number of amides is 3. The van der Waals surface area contributed by atoms with Crippen molar-refractivity contribution in [3.63, 3.8) is 0 Å². The summed E-state index contributed by atoms with van der Waals surface area (Å²) >= 11 is 1.47. The Morgan fingerprint density at radius 2 is 1.48 bits per heavy atom. The van der Waals surface area contributed by atoms with Crippen molar-refractivity contribution in [3.05, 3.63) is 0 Å². The third-order valence-electron chi connectivity index (χ3n) is 4.11. The van der Waals surface area contributed by atoms with Gasteiger partial charge in [-0.15, -0.1) is 0 Å². The van der Waals surface area contributed by atoms with E-state index in [-0.39, 0.29) is 0 Å². The summed E-state index contributed by atoms with van der Waals surface area (Å²) in [5, 5.41) is 43.3. The Hall–Kier alpha value is -2.42. The molecule has 5 unspecified atom stereocenters. The minimum Gasteiger partial charge on any atom is -0.481 e. The van der Waals surface area contributed by atoms with Crippen LogP contribution >= 0.6 is 11.8 Å². The maximum Gasteiger partial charge on any atom is 0.328 e. The Bertz CT molecular complexity index is 647. The van der Waals surface area contributed by atoms with Gasteiger partial charge in [0.15, 0.2) is 6.04 Å². The molecule has 0 aromatic rings. The Kier molecular flexibility index (Phi) is 13.4. The van der Waals surface area contributed by atoms with E-state index in [4.69, 9.17) is 15.9 Å². The van der Waals surface area contributed by atoms with Crippen LogP contribution in [0.15, 0.2) is 0 Å². The third-order valence-corrected chi connectivity index (χ3v) is 4.76. The summed E-state index contributed by atoms with van der Waals surface area (Å²) in [7, 11) is 0. The van der Waals surface area contributed by atoms with E-state index in [1.54, 1.807) is 0 Å². The quantitative estimate of drug-likeness (QED) is 0.120. The number of aliphatic hydroxyl groups is 2. The van der Waals surface area contributed by atoms with Gasteiger partial charge in [0.1, 0.15) is 12.1 Å². The number of aliphatic carboxylic acids is 2. The summed E-state index contributed by atoms with van der Waals surface area (Å²) in [5.74, 6) is -4.97. The molecule has 31 heavy (non-hydrogen) atoms. The molecule has 0 heterocycles. The van der Waals surface area contributed by atoms with Gasteiger partial charge in [0.25, 0.3) is 0 Å². The molecule has 3 amide bonds. The molecule has 5 atom stereocenters. The number of rotatable bonds is 15. The van der Waals surface area contributed by atoms with Crippen molar-refractivity contribution in [1.82, 2.24) is 16.0 Å². The monoisotopic (exact) mass is 466 g/mol. The minimum absolute atomic E-state index is 0.326. The van der Waals surface area contributed by atoms with E-state index >= 15 is 0 Å². The average molecular weight is 467 g/mol. The number of carboxylic acids is 2. The Labute approximate surface area is 183 Å². The number of hydrogen-bond acceptors (Lipinski definition) is 9. The zero-order valence-corrected chi connectivity index (χ0v) is 18.1. The van der Waals surface area contributed by atoms with E-state index < -0.39 is 79.4 Å². The van der Waals surface area contributed by atoms with Gasteiger partial charge in [0.2, 0.25) is 17.7 Å². The third kappa shape index (κ3) is 11.0. The fourth-order valence-corrected chi connectivity index (χ4v) is 2.79. The molecule has 9 N–H and O–H groups in total. The van der Waals surface area contributed by atoms with Crippen LogP contribution in [0.5, 0.6) is 0 Å². The van der Waals surface area contributed by atoms with E-state index in [0.29, 0.717) is 12.2 Å². The van der Waals surface area contributed by atoms with Gasteiger partial charge < -0.3 is 42.1 Å². The van der Waals surface area contributed by atoms with Crippen molar-refractivity contribution < 1.29 is 44.4 Å². The first-order valence-electron chi connectivity index (χ1n) is 9.33. The Morgan fingerprint density at radius 3 is 1.94 bits per heavy atom. The van der Waals surface area contributed by atoms with Crippen LogP contribution in [0.4, 0.5) is 0 Å². The van der Waals surface area contributed by atoms with Crippen molar-refractivity contribution in [1.29, 1.82) is 0 Å². The highest BCUT2D eigenvalue weighted by molar-refractivity contribution is 7.98. The van der Waals surface area contributed by atoms with E-state index in [0.717, 1.165) is 6.92 Å². The summed E-state index contributed by atoms with van der Waals surface area (Å²) in [6.07, 6.45) is -0.265. The van der Waals surface area contributed by atoms with Gasteiger partial charge in [0, 0.05) is 6.42 Å². The van der Waals surface area contributed by atoms with E-state index in [2.05, 4.69) is 10.6 Å². The molecule has 0 saturated carbocycles.